The Morgan fingerprint density at radius 1 is 1.17 bits per heavy atom. The Morgan fingerprint density at radius 2 is 1.97 bits per heavy atom. The van der Waals surface area contributed by atoms with Crippen LogP contribution in [0.2, 0.25) is 5.02 Å². The number of esters is 1. The number of carbonyl (C=O) groups excluding carboxylic acids is 2. The molecule has 2 aromatic rings. The van der Waals surface area contributed by atoms with Crippen LogP contribution in [0.25, 0.3) is 6.08 Å². The van der Waals surface area contributed by atoms with Gasteiger partial charge in [-0.05, 0) is 54.8 Å². The van der Waals surface area contributed by atoms with Crippen LogP contribution in [0.3, 0.4) is 0 Å². The lowest BCUT2D eigenvalue weighted by Gasteiger charge is -2.10. The van der Waals surface area contributed by atoms with E-state index in [1.165, 1.54) is 6.08 Å². The number of methoxy groups -OCH3 is 1. The van der Waals surface area contributed by atoms with Gasteiger partial charge in [0.1, 0.15) is 0 Å². The molecule has 0 aliphatic rings. The first kappa shape index (κ1) is 22.3. The first-order valence-corrected chi connectivity index (χ1v) is 9.53. The second-order valence-electron chi connectivity index (χ2n) is 6.16. The Hall–Kier alpha value is -2.99. The van der Waals surface area contributed by atoms with Crippen molar-refractivity contribution in [1.29, 1.82) is 0 Å². The summed E-state index contributed by atoms with van der Waals surface area (Å²) in [4.78, 5) is 23.9. The fourth-order valence-electron chi connectivity index (χ4n) is 2.40. The Bertz CT molecular complexity index is 895. The summed E-state index contributed by atoms with van der Waals surface area (Å²) < 4.78 is 15.9. The maximum Gasteiger partial charge on any atom is 0.331 e. The van der Waals surface area contributed by atoms with E-state index < -0.39 is 18.5 Å². The fourth-order valence-corrected chi connectivity index (χ4v) is 2.57. The minimum atomic E-state index is -0.631. The van der Waals surface area contributed by atoms with Crippen LogP contribution in [-0.2, 0) is 14.3 Å². The molecule has 0 saturated heterocycles. The predicted molar refractivity (Wildman–Crippen MR) is 114 cm³/mol. The molecule has 0 unspecified atom stereocenters. The molecular weight excluding hydrogens is 394 g/mol. The van der Waals surface area contributed by atoms with Gasteiger partial charge >= 0.3 is 5.97 Å². The monoisotopic (exact) mass is 417 g/mol. The number of nitrogens with one attached hydrogen (secondary N) is 1. The van der Waals surface area contributed by atoms with Crippen LogP contribution >= 0.6 is 11.6 Å². The van der Waals surface area contributed by atoms with Crippen LogP contribution < -0.4 is 14.8 Å². The highest BCUT2D eigenvalue weighted by atomic mass is 35.5. The third kappa shape index (κ3) is 6.84. The highest BCUT2D eigenvalue weighted by Gasteiger charge is 2.09. The van der Waals surface area contributed by atoms with Crippen LogP contribution in [0.15, 0.2) is 42.5 Å². The molecule has 0 radical (unpaired) electrons. The number of rotatable bonds is 9. The van der Waals surface area contributed by atoms with Gasteiger partial charge in [0, 0.05) is 16.8 Å². The van der Waals surface area contributed by atoms with Crippen molar-refractivity contribution in [2.45, 2.75) is 20.3 Å². The van der Waals surface area contributed by atoms with Crippen LogP contribution in [0, 0.1) is 6.92 Å². The third-order valence-corrected chi connectivity index (χ3v) is 4.36. The van der Waals surface area contributed by atoms with Gasteiger partial charge in [0.05, 0.1) is 13.7 Å². The zero-order chi connectivity index (χ0) is 21.2. The number of hydrogen-bond donors (Lipinski definition) is 1. The lowest BCUT2D eigenvalue weighted by molar-refractivity contribution is -0.142. The van der Waals surface area contributed by atoms with Crippen LogP contribution in [0.4, 0.5) is 5.69 Å². The highest BCUT2D eigenvalue weighted by Crippen LogP contribution is 2.28. The average molecular weight is 418 g/mol. The lowest BCUT2D eigenvalue weighted by atomic mass is 10.2. The number of amides is 1. The molecule has 2 aromatic carbocycles. The van der Waals surface area contributed by atoms with Crippen molar-refractivity contribution in [1.82, 2.24) is 0 Å². The number of carbonyl (C=O) groups is 2. The molecule has 0 aliphatic carbocycles. The molecular formula is C22H24ClNO5. The summed E-state index contributed by atoms with van der Waals surface area (Å²) in [6.07, 6.45) is 3.72. The van der Waals surface area contributed by atoms with E-state index >= 15 is 0 Å². The standard InChI is InChI=1S/C22H24ClNO5/c1-4-12-28-19-10-8-16(13-20(19)27-3)9-11-22(26)29-14-21(25)24-18-7-5-6-17(23)15(18)2/h5-11,13H,4,12,14H2,1-3H3,(H,24,25)/b11-9+. The van der Waals surface area contributed by atoms with Gasteiger partial charge in [0.2, 0.25) is 0 Å². The Balaban J connectivity index is 1.89. The van der Waals surface area contributed by atoms with Crippen molar-refractivity contribution in [2.24, 2.45) is 0 Å². The van der Waals surface area contributed by atoms with Gasteiger partial charge in [-0.2, -0.15) is 0 Å². The Kier molecular flexibility index (Phi) is 8.55. The Morgan fingerprint density at radius 3 is 2.69 bits per heavy atom. The molecule has 0 aliphatic heterocycles. The molecule has 29 heavy (non-hydrogen) atoms. The van der Waals surface area contributed by atoms with E-state index in [1.807, 2.05) is 6.92 Å². The zero-order valence-corrected chi connectivity index (χ0v) is 17.4. The SMILES string of the molecule is CCCOc1ccc(/C=C/C(=O)OCC(=O)Nc2cccc(Cl)c2C)cc1OC. The average Bonchev–Trinajstić information content (AvgIpc) is 2.72. The summed E-state index contributed by atoms with van der Waals surface area (Å²) in [5.41, 5.74) is 2.06. The topological polar surface area (TPSA) is 73.9 Å². The highest BCUT2D eigenvalue weighted by molar-refractivity contribution is 6.31. The van der Waals surface area contributed by atoms with E-state index in [2.05, 4.69) is 5.32 Å². The maximum atomic E-state index is 12.0. The van der Waals surface area contributed by atoms with Gasteiger partial charge in [-0.15, -0.1) is 0 Å². The maximum absolute atomic E-state index is 12.0. The molecule has 2 rings (SSSR count). The van der Waals surface area contributed by atoms with Crippen molar-refractivity contribution < 1.29 is 23.8 Å². The minimum Gasteiger partial charge on any atom is -0.493 e. The number of hydrogen-bond acceptors (Lipinski definition) is 5. The van der Waals surface area contributed by atoms with E-state index in [0.29, 0.717) is 28.8 Å². The lowest BCUT2D eigenvalue weighted by Crippen LogP contribution is -2.20. The van der Waals surface area contributed by atoms with E-state index in [-0.39, 0.29) is 0 Å². The first-order valence-electron chi connectivity index (χ1n) is 9.15. The molecule has 6 nitrogen and oxygen atoms in total. The number of anilines is 1. The summed E-state index contributed by atoms with van der Waals surface area (Å²) >= 11 is 6.02. The number of ether oxygens (including phenoxy) is 3. The van der Waals surface area contributed by atoms with Gasteiger partial charge in [-0.1, -0.05) is 30.7 Å². The second-order valence-corrected chi connectivity index (χ2v) is 6.57. The molecule has 0 aromatic heterocycles. The summed E-state index contributed by atoms with van der Waals surface area (Å²) in [5.74, 6) is 0.136. The molecule has 1 amide bonds. The molecule has 0 heterocycles. The minimum absolute atomic E-state index is 0.401. The summed E-state index contributed by atoms with van der Waals surface area (Å²) in [5, 5.41) is 3.21. The molecule has 0 saturated carbocycles. The molecule has 0 bridgehead atoms. The molecule has 154 valence electrons. The van der Waals surface area contributed by atoms with Crippen molar-refractivity contribution in [3.8, 4) is 11.5 Å². The largest absolute Gasteiger partial charge is 0.493 e. The van der Waals surface area contributed by atoms with Gasteiger partial charge in [-0.3, -0.25) is 4.79 Å². The summed E-state index contributed by atoms with van der Waals surface area (Å²) in [6, 6.07) is 10.5. The van der Waals surface area contributed by atoms with E-state index in [9.17, 15) is 9.59 Å². The van der Waals surface area contributed by atoms with E-state index in [4.69, 9.17) is 25.8 Å². The molecule has 7 heteroatoms. The van der Waals surface area contributed by atoms with Gasteiger partial charge in [-0.25, -0.2) is 4.79 Å². The fraction of sp³-hybridized carbons (Fsp3) is 0.273. The molecule has 0 fully saturated rings. The van der Waals surface area contributed by atoms with Crippen LogP contribution in [-0.4, -0.2) is 32.2 Å². The van der Waals surface area contributed by atoms with Crippen molar-refractivity contribution in [3.05, 3.63) is 58.6 Å². The zero-order valence-electron chi connectivity index (χ0n) is 16.7. The Labute approximate surface area is 175 Å². The van der Waals surface area contributed by atoms with Gasteiger partial charge < -0.3 is 19.5 Å². The smallest absolute Gasteiger partial charge is 0.331 e. The molecule has 0 atom stereocenters. The van der Waals surface area contributed by atoms with E-state index in [0.717, 1.165) is 17.5 Å². The molecule has 1 N–H and O–H groups in total. The normalized spacial score (nSPS) is 10.6. The second kappa shape index (κ2) is 11.1. The predicted octanol–water partition coefficient (Wildman–Crippen LogP) is 4.64. The summed E-state index contributed by atoms with van der Waals surface area (Å²) in [6.45, 7) is 4.00. The number of benzene rings is 2. The summed E-state index contributed by atoms with van der Waals surface area (Å²) in [7, 11) is 1.55. The van der Waals surface area contributed by atoms with Crippen LogP contribution in [0.1, 0.15) is 24.5 Å². The quantitative estimate of drug-likeness (QED) is 0.475. The number of halogens is 1. The van der Waals surface area contributed by atoms with E-state index in [1.54, 1.807) is 56.5 Å². The van der Waals surface area contributed by atoms with Gasteiger partial charge in [0.15, 0.2) is 18.1 Å². The van der Waals surface area contributed by atoms with Crippen molar-refractivity contribution >= 4 is 35.2 Å². The van der Waals surface area contributed by atoms with Crippen molar-refractivity contribution in [3.63, 3.8) is 0 Å². The third-order valence-electron chi connectivity index (χ3n) is 3.95. The van der Waals surface area contributed by atoms with Crippen molar-refractivity contribution in [2.75, 3.05) is 25.6 Å². The van der Waals surface area contributed by atoms with Crippen LogP contribution in [0.5, 0.6) is 11.5 Å². The van der Waals surface area contributed by atoms with Gasteiger partial charge in [0.25, 0.3) is 5.91 Å². The first-order chi connectivity index (χ1) is 13.9. The molecule has 0 spiro atoms.